The van der Waals surface area contributed by atoms with Gasteiger partial charge in [-0.2, -0.15) is 0 Å². The van der Waals surface area contributed by atoms with Gasteiger partial charge in [-0.25, -0.2) is 18.4 Å². The monoisotopic (exact) mass is 361 g/mol. The highest BCUT2D eigenvalue weighted by molar-refractivity contribution is 7.89. The summed E-state index contributed by atoms with van der Waals surface area (Å²) in [6, 6.07) is 13.0. The van der Waals surface area contributed by atoms with Crippen molar-refractivity contribution in [2.75, 3.05) is 7.11 Å². The molecule has 7 nitrogen and oxygen atoms in total. The van der Waals surface area contributed by atoms with E-state index >= 15 is 0 Å². The highest BCUT2D eigenvalue weighted by atomic mass is 32.2. The van der Waals surface area contributed by atoms with Crippen molar-refractivity contribution in [3.05, 3.63) is 65.9 Å². The average Bonchev–Trinajstić information content (AvgIpc) is 2.60. The van der Waals surface area contributed by atoms with Crippen molar-refractivity contribution in [1.82, 2.24) is 10.6 Å². The molecule has 0 aliphatic rings. The second kappa shape index (κ2) is 8.32. The van der Waals surface area contributed by atoms with E-state index in [0.29, 0.717) is 0 Å². The molecule has 0 fully saturated rings. The van der Waals surface area contributed by atoms with Crippen molar-refractivity contribution in [2.24, 2.45) is 5.14 Å². The van der Waals surface area contributed by atoms with E-state index in [9.17, 15) is 13.2 Å². The van der Waals surface area contributed by atoms with Crippen LogP contribution in [-0.2, 0) is 16.6 Å². The third-order valence-corrected chi connectivity index (χ3v) is 4.22. The first-order chi connectivity index (χ1) is 11.9. The number of hydrogen-bond acceptors (Lipinski definition) is 4. The lowest BCUT2D eigenvalue weighted by Gasteiger charge is -2.06. The van der Waals surface area contributed by atoms with Crippen molar-refractivity contribution in [1.29, 1.82) is 0 Å². The Kier molecular flexibility index (Phi) is 6.15. The van der Waals surface area contributed by atoms with Crippen LogP contribution >= 0.6 is 0 Å². The molecule has 2 rings (SSSR count). The Morgan fingerprint density at radius 3 is 2.56 bits per heavy atom. The Balaban J connectivity index is 1.83. The molecule has 8 heteroatoms. The van der Waals surface area contributed by atoms with Crippen molar-refractivity contribution in [3.63, 3.8) is 0 Å². The minimum atomic E-state index is -3.71. The first-order valence-corrected chi connectivity index (χ1v) is 8.90. The summed E-state index contributed by atoms with van der Waals surface area (Å²) in [4.78, 5) is 11.8. The van der Waals surface area contributed by atoms with Crippen LogP contribution in [0.4, 0.5) is 4.79 Å². The molecular weight excluding hydrogens is 342 g/mol. The molecule has 2 amide bonds. The zero-order chi connectivity index (χ0) is 18.3. The van der Waals surface area contributed by atoms with Crippen molar-refractivity contribution in [2.45, 2.75) is 11.4 Å². The molecule has 0 saturated heterocycles. The van der Waals surface area contributed by atoms with Gasteiger partial charge >= 0.3 is 6.03 Å². The molecule has 0 bridgehead atoms. The average molecular weight is 361 g/mol. The van der Waals surface area contributed by atoms with Crippen LogP contribution in [0.15, 0.2) is 59.6 Å². The van der Waals surface area contributed by atoms with Gasteiger partial charge in [-0.1, -0.05) is 24.3 Å². The second-order valence-corrected chi connectivity index (χ2v) is 6.69. The SMILES string of the molecule is COc1cccc(/C=C/NC(=O)NCc2ccc(S(N)(=O)=O)cc2)c1. The molecule has 0 saturated carbocycles. The lowest BCUT2D eigenvalue weighted by Crippen LogP contribution is -2.31. The summed E-state index contributed by atoms with van der Waals surface area (Å²) in [5.74, 6) is 0.731. The summed E-state index contributed by atoms with van der Waals surface area (Å²) in [6.07, 6.45) is 3.26. The quantitative estimate of drug-likeness (QED) is 0.729. The predicted molar refractivity (Wildman–Crippen MR) is 95.2 cm³/mol. The summed E-state index contributed by atoms with van der Waals surface area (Å²) >= 11 is 0. The number of nitrogens with one attached hydrogen (secondary N) is 2. The van der Waals surface area contributed by atoms with Gasteiger partial charge in [-0.3, -0.25) is 0 Å². The topological polar surface area (TPSA) is 111 Å². The number of ether oxygens (including phenoxy) is 1. The Labute approximate surface area is 146 Å². The van der Waals surface area contributed by atoms with Gasteiger partial charge in [0.2, 0.25) is 10.0 Å². The van der Waals surface area contributed by atoms with Crippen molar-refractivity contribution in [3.8, 4) is 5.75 Å². The summed E-state index contributed by atoms with van der Waals surface area (Å²) in [6.45, 7) is 0.254. The van der Waals surface area contributed by atoms with Crippen LogP contribution in [0.3, 0.4) is 0 Å². The predicted octanol–water partition coefficient (Wildman–Crippen LogP) is 1.81. The number of rotatable bonds is 6. The molecule has 0 unspecified atom stereocenters. The molecule has 0 radical (unpaired) electrons. The van der Waals surface area contributed by atoms with Crippen LogP contribution in [0.2, 0.25) is 0 Å². The van der Waals surface area contributed by atoms with Gasteiger partial charge < -0.3 is 15.4 Å². The van der Waals surface area contributed by atoms with Gasteiger partial charge in [0.05, 0.1) is 12.0 Å². The number of benzene rings is 2. The number of carbonyl (C=O) groups excluding carboxylic acids is 1. The molecular formula is C17H19N3O4S. The first kappa shape index (κ1) is 18.5. The highest BCUT2D eigenvalue weighted by Gasteiger charge is 2.06. The summed E-state index contributed by atoms with van der Waals surface area (Å²) < 4.78 is 27.5. The molecule has 4 N–H and O–H groups in total. The molecule has 0 aromatic heterocycles. The Bertz CT molecular complexity index is 862. The van der Waals surface area contributed by atoms with E-state index in [1.807, 2.05) is 24.3 Å². The highest BCUT2D eigenvalue weighted by Crippen LogP contribution is 2.13. The van der Waals surface area contributed by atoms with Crippen LogP contribution < -0.4 is 20.5 Å². The van der Waals surface area contributed by atoms with E-state index in [-0.39, 0.29) is 17.5 Å². The maximum Gasteiger partial charge on any atom is 0.319 e. The molecule has 0 aliphatic carbocycles. The zero-order valence-corrected chi connectivity index (χ0v) is 14.4. The fourth-order valence-electron chi connectivity index (χ4n) is 1.99. The molecule has 0 atom stereocenters. The van der Waals surface area contributed by atoms with E-state index in [1.54, 1.807) is 25.3 Å². The van der Waals surface area contributed by atoms with E-state index in [4.69, 9.17) is 9.88 Å². The number of hydrogen-bond donors (Lipinski definition) is 3. The van der Waals surface area contributed by atoms with Gasteiger partial charge in [0.15, 0.2) is 0 Å². The largest absolute Gasteiger partial charge is 0.497 e. The van der Waals surface area contributed by atoms with Crippen LogP contribution in [-0.4, -0.2) is 21.6 Å². The number of carbonyl (C=O) groups is 1. The van der Waals surface area contributed by atoms with Crippen molar-refractivity contribution < 1.29 is 17.9 Å². The van der Waals surface area contributed by atoms with Gasteiger partial charge in [0, 0.05) is 12.7 Å². The van der Waals surface area contributed by atoms with E-state index in [1.165, 1.54) is 18.3 Å². The molecule has 0 aliphatic heterocycles. The molecule has 2 aromatic carbocycles. The van der Waals surface area contributed by atoms with Crippen LogP contribution in [0.5, 0.6) is 5.75 Å². The van der Waals surface area contributed by atoms with Crippen molar-refractivity contribution >= 4 is 22.1 Å². The fourth-order valence-corrected chi connectivity index (χ4v) is 2.50. The molecule has 0 spiro atoms. The fraction of sp³-hybridized carbons (Fsp3) is 0.118. The molecule has 2 aromatic rings. The number of nitrogens with two attached hydrogens (primary N) is 1. The third-order valence-electron chi connectivity index (χ3n) is 3.29. The number of urea groups is 1. The van der Waals surface area contributed by atoms with Gasteiger partial charge in [-0.15, -0.1) is 0 Å². The minimum Gasteiger partial charge on any atom is -0.497 e. The third kappa shape index (κ3) is 5.94. The van der Waals surface area contributed by atoms with Gasteiger partial charge in [0.25, 0.3) is 0 Å². The number of sulfonamides is 1. The van der Waals surface area contributed by atoms with E-state index < -0.39 is 10.0 Å². The van der Waals surface area contributed by atoms with Crippen LogP contribution in [0, 0.1) is 0 Å². The van der Waals surface area contributed by atoms with Crippen LogP contribution in [0.25, 0.3) is 6.08 Å². The maximum atomic E-state index is 11.7. The Morgan fingerprint density at radius 1 is 1.20 bits per heavy atom. The van der Waals surface area contributed by atoms with Gasteiger partial charge in [0.1, 0.15) is 5.75 Å². The number of amides is 2. The number of primary sulfonamides is 1. The van der Waals surface area contributed by atoms with Gasteiger partial charge in [-0.05, 0) is 41.5 Å². The van der Waals surface area contributed by atoms with E-state index in [0.717, 1.165) is 16.9 Å². The standard InChI is InChI=1S/C17H19N3O4S/c1-24-15-4-2-3-13(11-15)9-10-19-17(21)20-12-14-5-7-16(8-6-14)25(18,22)23/h2-11H,12H2,1H3,(H2,18,22,23)(H2,19,20,21)/b10-9+. The lowest BCUT2D eigenvalue weighted by atomic mass is 10.2. The van der Waals surface area contributed by atoms with Crippen LogP contribution in [0.1, 0.15) is 11.1 Å². The maximum absolute atomic E-state index is 11.7. The molecule has 132 valence electrons. The smallest absolute Gasteiger partial charge is 0.319 e. The summed E-state index contributed by atoms with van der Waals surface area (Å²) in [5.41, 5.74) is 1.64. The summed E-state index contributed by atoms with van der Waals surface area (Å²) in [7, 11) is -2.12. The first-order valence-electron chi connectivity index (χ1n) is 7.35. The Morgan fingerprint density at radius 2 is 1.92 bits per heavy atom. The minimum absolute atomic E-state index is 0.0296. The normalized spacial score (nSPS) is 11.3. The molecule has 0 heterocycles. The number of methoxy groups -OCH3 is 1. The zero-order valence-electron chi connectivity index (χ0n) is 13.6. The summed E-state index contributed by atoms with van der Waals surface area (Å²) in [5, 5.41) is 10.3. The van der Waals surface area contributed by atoms with E-state index in [2.05, 4.69) is 10.6 Å². The lowest BCUT2D eigenvalue weighted by molar-refractivity contribution is 0.244. The molecule has 25 heavy (non-hydrogen) atoms. The second-order valence-electron chi connectivity index (χ2n) is 5.13. The Hall–Kier alpha value is -2.84.